The Hall–Kier alpha value is -2.34. The van der Waals surface area contributed by atoms with E-state index in [1.54, 1.807) is 6.20 Å². The van der Waals surface area contributed by atoms with Gasteiger partial charge in [0.1, 0.15) is 5.75 Å². The Morgan fingerprint density at radius 3 is 2.96 bits per heavy atom. The summed E-state index contributed by atoms with van der Waals surface area (Å²) in [7, 11) is 0. The number of likely N-dealkylation sites (tertiary alicyclic amines) is 1. The highest BCUT2D eigenvalue weighted by atomic mass is 16.5. The summed E-state index contributed by atoms with van der Waals surface area (Å²) in [5.74, 6) is 0.958. The molecular weight excluding hydrogens is 304 g/mol. The molecule has 0 saturated carbocycles. The predicted molar refractivity (Wildman–Crippen MR) is 89.7 cm³/mol. The van der Waals surface area contributed by atoms with Crippen LogP contribution in [-0.4, -0.2) is 46.3 Å². The van der Waals surface area contributed by atoms with Crippen molar-refractivity contribution in [1.82, 2.24) is 20.0 Å². The molecule has 6 nitrogen and oxygen atoms in total. The Kier molecular flexibility index (Phi) is 3.98. The van der Waals surface area contributed by atoms with E-state index in [9.17, 15) is 4.79 Å². The van der Waals surface area contributed by atoms with Crippen LogP contribution >= 0.6 is 0 Å². The summed E-state index contributed by atoms with van der Waals surface area (Å²) in [6.07, 6.45) is 4.58. The van der Waals surface area contributed by atoms with Gasteiger partial charge in [0, 0.05) is 37.5 Å². The zero-order valence-electron chi connectivity index (χ0n) is 13.8. The van der Waals surface area contributed by atoms with Crippen molar-refractivity contribution in [3.05, 3.63) is 48.3 Å². The van der Waals surface area contributed by atoms with Crippen LogP contribution in [0.5, 0.6) is 5.75 Å². The summed E-state index contributed by atoms with van der Waals surface area (Å²) in [5, 5.41) is 7.46. The maximum atomic E-state index is 12.6. The summed E-state index contributed by atoms with van der Waals surface area (Å²) in [6, 6.07) is 10.1. The minimum atomic E-state index is -0.133. The molecular formula is C18H22N4O2. The van der Waals surface area contributed by atoms with Gasteiger partial charge in [-0.2, -0.15) is 5.10 Å². The van der Waals surface area contributed by atoms with Gasteiger partial charge in [0.15, 0.2) is 0 Å². The van der Waals surface area contributed by atoms with Gasteiger partial charge < -0.3 is 10.1 Å². The molecule has 0 unspecified atom stereocenters. The minimum absolute atomic E-state index is 0.0353. The largest absolute Gasteiger partial charge is 0.493 e. The highest BCUT2D eigenvalue weighted by Gasteiger charge is 2.35. The first-order valence-electron chi connectivity index (χ1n) is 8.47. The number of para-hydroxylation sites is 1. The zero-order valence-corrected chi connectivity index (χ0v) is 13.8. The fraction of sp³-hybridized carbons (Fsp3) is 0.444. The van der Waals surface area contributed by atoms with Crippen LogP contribution in [0.4, 0.5) is 0 Å². The molecule has 2 atom stereocenters. The molecule has 24 heavy (non-hydrogen) atoms. The predicted octanol–water partition coefficient (Wildman–Crippen LogP) is 1.77. The van der Waals surface area contributed by atoms with Crippen LogP contribution in [-0.2, 0) is 4.79 Å². The van der Waals surface area contributed by atoms with Crippen LogP contribution in [0.15, 0.2) is 42.7 Å². The molecule has 1 N–H and O–H groups in total. The highest BCUT2D eigenvalue weighted by Crippen LogP contribution is 2.32. The van der Waals surface area contributed by atoms with Crippen molar-refractivity contribution in [2.75, 3.05) is 19.7 Å². The van der Waals surface area contributed by atoms with Crippen LogP contribution in [0.25, 0.3) is 0 Å². The van der Waals surface area contributed by atoms with Gasteiger partial charge in [-0.25, -0.2) is 0 Å². The second-order valence-electron chi connectivity index (χ2n) is 6.51. The van der Waals surface area contributed by atoms with Crippen molar-refractivity contribution in [2.45, 2.75) is 31.5 Å². The smallest absolute Gasteiger partial charge is 0.237 e. The molecule has 2 aliphatic rings. The van der Waals surface area contributed by atoms with Crippen LogP contribution < -0.4 is 10.1 Å². The molecule has 126 valence electrons. The third-order valence-electron chi connectivity index (χ3n) is 4.99. The number of aromatic nitrogens is 2. The first-order chi connectivity index (χ1) is 11.7. The minimum Gasteiger partial charge on any atom is -0.493 e. The summed E-state index contributed by atoms with van der Waals surface area (Å²) in [5.41, 5.74) is 1.07. The van der Waals surface area contributed by atoms with E-state index in [4.69, 9.17) is 4.74 Å². The third kappa shape index (κ3) is 2.78. The lowest BCUT2D eigenvalue weighted by Gasteiger charge is -2.42. The van der Waals surface area contributed by atoms with E-state index in [1.807, 2.05) is 48.1 Å². The second-order valence-corrected chi connectivity index (χ2v) is 6.51. The lowest BCUT2D eigenvalue weighted by molar-refractivity contribution is -0.129. The van der Waals surface area contributed by atoms with Gasteiger partial charge in [-0.1, -0.05) is 18.2 Å². The first kappa shape index (κ1) is 15.2. The number of amides is 1. The van der Waals surface area contributed by atoms with E-state index in [0.29, 0.717) is 12.6 Å². The molecule has 6 heteroatoms. The molecule has 1 aromatic heterocycles. The van der Waals surface area contributed by atoms with Crippen molar-refractivity contribution in [3.63, 3.8) is 0 Å². The van der Waals surface area contributed by atoms with E-state index in [1.165, 1.54) is 0 Å². The topological polar surface area (TPSA) is 59.4 Å². The number of fused-ring (bicyclic) bond motifs is 1. The molecule has 1 aromatic carbocycles. The van der Waals surface area contributed by atoms with Gasteiger partial charge in [-0.15, -0.1) is 0 Å². The average molecular weight is 326 g/mol. The molecule has 1 amide bonds. The van der Waals surface area contributed by atoms with Crippen molar-refractivity contribution in [3.8, 4) is 5.75 Å². The Labute approximate surface area is 141 Å². The van der Waals surface area contributed by atoms with Gasteiger partial charge in [-0.3, -0.25) is 14.4 Å². The van der Waals surface area contributed by atoms with Crippen LogP contribution in [0.1, 0.15) is 31.0 Å². The lowest BCUT2D eigenvalue weighted by atomic mass is 9.99. The Morgan fingerprint density at radius 2 is 2.17 bits per heavy atom. The molecule has 0 radical (unpaired) electrons. The van der Waals surface area contributed by atoms with Crippen LogP contribution in [0, 0.1) is 0 Å². The number of hydrogen-bond acceptors (Lipinski definition) is 4. The quantitative estimate of drug-likeness (QED) is 0.930. The number of carbonyl (C=O) groups excluding carboxylic acids is 1. The van der Waals surface area contributed by atoms with Gasteiger partial charge in [0.2, 0.25) is 5.91 Å². The highest BCUT2D eigenvalue weighted by molar-refractivity contribution is 5.82. The van der Waals surface area contributed by atoms with E-state index in [2.05, 4.69) is 15.3 Å². The Balaban J connectivity index is 1.35. The van der Waals surface area contributed by atoms with Crippen LogP contribution in [0.2, 0.25) is 0 Å². The van der Waals surface area contributed by atoms with Gasteiger partial charge in [0.05, 0.1) is 24.7 Å². The van der Waals surface area contributed by atoms with Crippen LogP contribution in [0.3, 0.4) is 0 Å². The molecule has 0 bridgehead atoms. The Bertz CT molecular complexity index is 710. The zero-order chi connectivity index (χ0) is 16.5. The number of ether oxygens (including phenoxy) is 1. The van der Waals surface area contributed by atoms with Gasteiger partial charge >= 0.3 is 0 Å². The van der Waals surface area contributed by atoms with Gasteiger partial charge in [0.25, 0.3) is 0 Å². The standard InChI is InChI=1S/C18H22N4O2/c1-13(21-11-14(12-21)22-9-4-8-19-22)18(23)20-16-7-10-24-17-6-3-2-5-15(16)17/h2-6,8-9,13-14,16H,7,10-12H2,1H3,(H,20,23)/t13-,16+/m0/s1. The number of hydrogen-bond donors (Lipinski definition) is 1. The fourth-order valence-corrected chi connectivity index (χ4v) is 3.42. The number of nitrogens with one attached hydrogen (secondary N) is 1. The monoisotopic (exact) mass is 326 g/mol. The summed E-state index contributed by atoms with van der Waals surface area (Å²) < 4.78 is 7.63. The molecule has 1 saturated heterocycles. The number of rotatable bonds is 4. The molecule has 4 rings (SSSR count). The Morgan fingerprint density at radius 1 is 1.33 bits per heavy atom. The summed E-state index contributed by atoms with van der Waals surface area (Å²) >= 11 is 0. The van der Waals surface area contributed by atoms with E-state index >= 15 is 0 Å². The third-order valence-corrected chi connectivity index (χ3v) is 4.99. The van der Waals surface area contributed by atoms with Crippen molar-refractivity contribution in [1.29, 1.82) is 0 Å². The average Bonchev–Trinajstić information content (AvgIpc) is 3.08. The maximum Gasteiger partial charge on any atom is 0.237 e. The molecule has 2 aliphatic heterocycles. The molecule has 0 spiro atoms. The van der Waals surface area contributed by atoms with Gasteiger partial charge in [-0.05, 0) is 19.1 Å². The molecule has 3 heterocycles. The molecule has 2 aromatic rings. The van der Waals surface area contributed by atoms with E-state index < -0.39 is 0 Å². The summed E-state index contributed by atoms with van der Waals surface area (Å²) in [6.45, 7) is 4.34. The lowest BCUT2D eigenvalue weighted by Crippen LogP contribution is -2.56. The van der Waals surface area contributed by atoms with E-state index in [0.717, 1.165) is 30.8 Å². The van der Waals surface area contributed by atoms with Crippen molar-refractivity contribution < 1.29 is 9.53 Å². The summed E-state index contributed by atoms with van der Waals surface area (Å²) in [4.78, 5) is 14.8. The van der Waals surface area contributed by atoms with Crippen molar-refractivity contribution in [2.24, 2.45) is 0 Å². The number of carbonyl (C=O) groups is 1. The number of nitrogens with zero attached hydrogens (tertiary/aromatic N) is 3. The molecule has 1 fully saturated rings. The fourth-order valence-electron chi connectivity index (χ4n) is 3.42. The maximum absolute atomic E-state index is 12.6. The number of benzene rings is 1. The van der Waals surface area contributed by atoms with Crippen molar-refractivity contribution >= 4 is 5.91 Å². The molecule has 0 aliphatic carbocycles. The first-order valence-corrected chi connectivity index (χ1v) is 8.47. The van der Waals surface area contributed by atoms with E-state index in [-0.39, 0.29) is 18.0 Å². The SMILES string of the molecule is C[C@@H](C(=O)N[C@@H]1CCOc2ccccc21)N1CC(n2cccn2)C1. The second kappa shape index (κ2) is 6.28. The normalized spacial score (nSPS) is 22.1.